The molecule has 0 bridgehead atoms. The summed E-state index contributed by atoms with van der Waals surface area (Å²) < 4.78 is 116. The molecule has 2 fully saturated rings. The van der Waals surface area contributed by atoms with Crippen molar-refractivity contribution in [3.05, 3.63) is 246 Å². The number of benzene rings is 7. The number of phosphoric acid groups is 3. The van der Waals surface area contributed by atoms with Crippen molar-refractivity contribution in [3.8, 4) is 0 Å². The van der Waals surface area contributed by atoms with Crippen LogP contribution in [-0.2, 0) is 108 Å². The lowest BCUT2D eigenvalue weighted by molar-refractivity contribution is -0.165. The van der Waals surface area contributed by atoms with Crippen LogP contribution < -0.4 is 5.46 Å². The molecule has 1 saturated heterocycles. The molecular weight excluding hydrogens is 1000 g/mol. The lowest BCUT2D eigenvalue weighted by Gasteiger charge is -2.45. The van der Waals surface area contributed by atoms with Gasteiger partial charge in [-0.1, -0.05) is 212 Å². The van der Waals surface area contributed by atoms with Crippen molar-refractivity contribution < 1.29 is 68.5 Å². The minimum atomic E-state index is -4.86. The summed E-state index contributed by atoms with van der Waals surface area (Å²) in [6.45, 7) is -1.52. The average molecular weight is 1060 g/mol. The van der Waals surface area contributed by atoms with E-state index in [-0.39, 0.29) is 39.6 Å². The van der Waals surface area contributed by atoms with Crippen molar-refractivity contribution in [1.29, 1.82) is 0 Å². The van der Waals surface area contributed by atoms with Gasteiger partial charge in [0, 0.05) is 12.8 Å². The molecule has 2 aliphatic rings. The summed E-state index contributed by atoms with van der Waals surface area (Å²) in [6, 6.07) is 62.4. The first-order chi connectivity index (χ1) is 36.0. The lowest BCUT2D eigenvalue weighted by atomic mass is 9.77. The van der Waals surface area contributed by atoms with Crippen LogP contribution in [0.25, 0.3) is 0 Å². The summed E-state index contributed by atoms with van der Waals surface area (Å²) in [6.07, 6.45) is -6.11. The number of hydrogen-bond acceptors (Lipinski definition) is 15. The van der Waals surface area contributed by atoms with Crippen molar-refractivity contribution in [2.45, 2.75) is 76.4 Å². The summed E-state index contributed by atoms with van der Waals surface area (Å²) >= 11 is 0. The topological polar surface area (TPSA) is 170 Å². The SMILES string of the molecule is O=C1OB(c2ccccc2)OC12C[C@@H](OP(=O)(OCc1ccccc1)OCc1ccccc1)C(OP(=O)(OCc1ccccc1)OCc1ccccc1)[C@H](OP(=O)(OCc1ccccc1)OCc1ccccc1)C2. The van der Waals surface area contributed by atoms with Crippen LogP contribution in [0.15, 0.2) is 212 Å². The quantitative estimate of drug-likeness (QED) is 0.0391. The largest absolute Gasteiger partial charge is 0.565 e. The Hall–Kier alpha value is -5.64. The number of rotatable bonds is 25. The van der Waals surface area contributed by atoms with Crippen molar-refractivity contribution in [3.63, 3.8) is 0 Å². The molecule has 382 valence electrons. The summed E-state index contributed by atoms with van der Waals surface area (Å²) in [5.41, 5.74) is 2.26. The molecule has 74 heavy (non-hydrogen) atoms. The zero-order chi connectivity index (χ0) is 51.1. The highest BCUT2D eigenvalue weighted by Crippen LogP contribution is 2.62. The van der Waals surface area contributed by atoms with Gasteiger partial charge in [0.15, 0.2) is 5.60 Å². The summed E-state index contributed by atoms with van der Waals surface area (Å²) in [7, 11) is -15.7. The van der Waals surface area contributed by atoms with Crippen LogP contribution in [0, 0.1) is 0 Å². The van der Waals surface area contributed by atoms with Crippen LogP contribution in [0.5, 0.6) is 0 Å². The minimum absolute atomic E-state index is 0.250. The van der Waals surface area contributed by atoms with Crippen LogP contribution in [0.2, 0.25) is 0 Å². The molecule has 9 rings (SSSR count). The Morgan fingerprint density at radius 2 is 0.649 bits per heavy atom. The Kier molecular flexibility index (Phi) is 18.2. The van der Waals surface area contributed by atoms with Gasteiger partial charge in [-0.2, -0.15) is 0 Å². The van der Waals surface area contributed by atoms with E-state index in [1.54, 1.807) is 176 Å². The third kappa shape index (κ3) is 14.8. The zero-order valence-corrected chi connectivity index (χ0v) is 42.8. The van der Waals surface area contributed by atoms with E-state index >= 15 is 13.7 Å². The van der Waals surface area contributed by atoms with E-state index in [4.69, 9.17) is 50.0 Å². The fourth-order valence-electron chi connectivity index (χ4n) is 8.17. The van der Waals surface area contributed by atoms with Gasteiger partial charge >= 0.3 is 36.6 Å². The van der Waals surface area contributed by atoms with E-state index in [9.17, 15) is 4.79 Å². The maximum atomic E-state index is 15.5. The molecule has 7 aromatic rings. The van der Waals surface area contributed by atoms with Crippen LogP contribution >= 0.6 is 23.5 Å². The highest BCUT2D eigenvalue weighted by atomic mass is 31.2. The van der Waals surface area contributed by atoms with Crippen LogP contribution in [0.3, 0.4) is 0 Å². The summed E-state index contributed by atoms with van der Waals surface area (Å²) in [5, 5.41) is 0. The number of carbonyl (C=O) groups is 1. The maximum Gasteiger partial charge on any atom is 0.565 e. The van der Waals surface area contributed by atoms with Gasteiger partial charge in [-0.3, -0.25) is 45.5 Å². The smallest absolute Gasteiger partial charge is 0.504 e. The molecule has 2 atom stereocenters. The normalized spacial score (nSPS) is 19.1. The summed E-state index contributed by atoms with van der Waals surface area (Å²) in [5.74, 6) is -0.855. The predicted octanol–water partition coefficient (Wildman–Crippen LogP) is 12.3. The van der Waals surface area contributed by atoms with Gasteiger partial charge in [0.2, 0.25) is 0 Å². The van der Waals surface area contributed by atoms with Gasteiger partial charge in [0.05, 0.1) is 39.6 Å². The van der Waals surface area contributed by atoms with Gasteiger partial charge in [0.1, 0.15) is 18.3 Å². The second-order valence-corrected chi connectivity index (χ2v) is 22.3. The Morgan fingerprint density at radius 3 is 0.932 bits per heavy atom. The highest BCUT2D eigenvalue weighted by molar-refractivity contribution is 7.49. The third-order valence-corrected chi connectivity index (χ3v) is 16.2. The fourth-order valence-corrected chi connectivity index (χ4v) is 12.2. The molecule has 19 heteroatoms. The maximum absolute atomic E-state index is 15.5. The first-order valence-electron chi connectivity index (χ1n) is 23.9. The lowest BCUT2D eigenvalue weighted by Crippen LogP contribution is -2.57. The monoisotopic (exact) mass is 1060 g/mol. The molecule has 1 heterocycles. The van der Waals surface area contributed by atoms with Crippen LogP contribution in [0.1, 0.15) is 46.2 Å². The predicted molar refractivity (Wildman–Crippen MR) is 276 cm³/mol. The molecule has 1 saturated carbocycles. The van der Waals surface area contributed by atoms with Crippen LogP contribution in [-0.4, -0.2) is 37.0 Å². The third-order valence-electron chi connectivity index (χ3n) is 12.0. The molecular formula is C55H54BO15P3. The van der Waals surface area contributed by atoms with Crippen molar-refractivity contribution >= 4 is 42.0 Å². The Labute approximate surface area is 430 Å². The van der Waals surface area contributed by atoms with E-state index in [2.05, 4.69) is 0 Å². The molecule has 1 aliphatic heterocycles. The van der Waals surface area contributed by atoms with Gasteiger partial charge in [0.25, 0.3) is 0 Å². The van der Waals surface area contributed by atoms with Gasteiger partial charge < -0.3 is 9.31 Å². The summed E-state index contributed by atoms with van der Waals surface area (Å²) in [4.78, 5) is 14.6. The van der Waals surface area contributed by atoms with Crippen molar-refractivity contribution in [2.75, 3.05) is 0 Å². The first-order valence-corrected chi connectivity index (χ1v) is 28.3. The molecule has 0 aromatic heterocycles. The molecule has 15 nitrogen and oxygen atoms in total. The molecule has 0 N–H and O–H groups in total. The second kappa shape index (κ2) is 25.3. The van der Waals surface area contributed by atoms with E-state index < -0.39 is 73.3 Å². The van der Waals surface area contributed by atoms with Crippen molar-refractivity contribution in [1.82, 2.24) is 0 Å². The van der Waals surface area contributed by atoms with Gasteiger partial charge in [-0.15, -0.1) is 0 Å². The average Bonchev–Trinajstić information content (AvgIpc) is 3.76. The first kappa shape index (κ1) is 53.2. The Balaban J connectivity index is 1.15. The molecule has 1 aliphatic carbocycles. The zero-order valence-electron chi connectivity index (χ0n) is 40.1. The second-order valence-electron chi connectivity index (χ2n) is 17.4. The molecule has 0 amide bonds. The van der Waals surface area contributed by atoms with E-state index in [0.29, 0.717) is 38.8 Å². The van der Waals surface area contributed by atoms with E-state index in [1.165, 1.54) is 0 Å². The number of carbonyl (C=O) groups excluding carboxylic acids is 1. The number of hydrogen-bond donors (Lipinski definition) is 0. The Morgan fingerprint density at radius 1 is 0.392 bits per heavy atom. The van der Waals surface area contributed by atoms with Gasteiger partial charge in [-0.25, -0.2) is 13.7 Å². The van der Waals surface area contributed by atoms with E-state index in [1.807, 2.05) is 36.4 Å². The molecule has 7 aromatic carbocycles. The van der Waals surface area contributed by atoms with Crippen LogP contribution in [0.4, 0.5) is 0 Å². The van der Waals surface area contributed by atoms with Crippen molar-refractivity contribution in [2.24, 2.45) is 0 Å². The van der Waals surface area contributed by atoms with E-state index in [0.717, 1.165) is 0 Å². The fraction of sp³-hybridized carbons (Fsp3) is 0.218. The molecule has 0 unspecified atom stereocenters. The van der Waals surface area contributed by atoms with Gasteiger partial charge in [-0.05, 0) is 38.8 Å². The standard InChI is InChI=1S/C55H54BO15P3/c57-54-55(71-56(67-54)50-34-20-7-21-35-50)36-51(68-72(58,61-38-44-22-8-1-9-23-44)62-39-45-24-10-2-11-25-45)53(70-74(60,65-42-48-30-16-5-17-31-48)66-43-49-32-18-6-19-33-49)52(37-55)69-73(59,63-40-46-26-12-3-13-27-46)64-41-47-28-14-4-15-29-47/h1-35,51-53H,36-43H2/t51-,52-,53?,55?/m1/s1. The molecule has 1 spiro atoms. The molecule has 0 radical (unpaired) electrons. The Bertz CT molecular complexity index is 2730. The minimum Gasteiger partial charge on any atom is -0.504 e. The number of phosphoric ester groups is 3. The highest BCUT2D eigenvalue weighted by Gasteiger charge is 2.63.